The molecule has 9 nitrogen and oxygen atoms in total. The second-order valence-electron chi connectivity index (χ2n) is 7.03. The van der Waals surface area contributed by atoms with Crippen molar-refractivity contribution in [1.82, 2.24) is 30.5 Å². The summed E-state index contributed by atoms with van der Waals surface area (Å²) in [5.41, 5.74) is 2.63. The van der Waals surface area contributed by atoms with Gasteiger partial charge in [-0.1, -0.05) is 0 Å². The van der Waals surface area contributed by atoms with Crippen LogP contribution in [0.4, 0.5) is 11.6 Å². The van der Waals surface area contributed by atoms with E-state index in [4.69, 9.17) is 10.00 Å². The highest BCUT2D eigenvalue weighted by Gasteiger charge is 2.26. The minimum Gasteiger partial charge on any atom is -0.488 e. The summed E-state index contributed by atoms with van der Waals surface area (Å²) in [7, 11) is 1.99. The van der Waals surface area contributed by atoms with E-state index in [-0.39, 0.29) is 11.8 Å². The number of pyridine rings is 1. The molecule has 1 fully saturated rings. The van der Waals surface area contributed by atoms with Gasteiger partial charge in [-0.15, -0.1) is 0 Å². The maximum atomic E-state index is 8.81. The van der Waals surface area contributed by atoms with Crippen molar-refractivity contribution in [1.29, 1.82) is 5.26 Å². The number of ether oxygens (including phenoxy) is 1. The van der Waals surface area contributed by atoms with Crippen LogP contribution in [0.3, 0.4) is 0 Å². The number of hydrogen-bond donors (Lipinski definition) is 3. The Hall–Kier alpha value is -3.51. The number of aryl methyl sites for hydroxylation is 1. The minimum absolute atomic E-state index is 0.171. The molecule has 0 saturated heterocycles. The molecule has 0 radical (unpaired) electrons. The molecule has 148 valence electrons. The Kier molecular flexibility index (Phi) is 5.35. The summed E-state index contributed by atoms with van der Waals surface area (Å²) in [6.07, 6.45) is 6.18. The number of H-pyrrole nitrogens is 1. The van der Waals surface area contributed by atoms with Gasteiger partial charge in [-0.25, -0.2) is 15.0 Å². The predicted octanol–water partition coefficient (Wildman–Crippen LogP) is 2.70. The van der Waals surface area contributed by atoms with Crippen LogP contribution in [-0.2, 0) is 0 Å². The average Bonchev–Trinajstić information content (AvgIpc) is 3.39. The molecule has 0 unspecified atom stereocenters. The predicted molar refractivity (Wildman–Crippen MR) is 108 cm³/mol. The van der Waals surface area contributed by atoms with E-state index in [9.17, 15) is 0 Å². The molecule has 3 N–H and O–H groups in total. The van der Waals surface area contributed by atoms with E-state index in [1.165, 1.54) is 12.4 Å². The van der Waals surface area contributed by atoms with Crippen molar-refractivity contribution in [2.24, 2.45) is 0 Å². The molecule has 2 atom stereocenters. The van der Waals surface area contributed by atoms with E-state index < -0.39 is 0 Å². The Morgan fingerprint density at radius 2 is 2.10 bits per heavy atom. The molecule has 0 amide bonds. The van der Waals surface area contributed by atoms with Gasteiger partial charge in [0.1, 0.15) is 29.4 Å². The van der Waals surface area contributed by atoms with Gasteiger partial charge in [0.05, 0.1) is 18.1 Å². The molecule has 3 aromatic rings. The van der Waals surface area contributed by atoms with Crippen LogP contribution in [0.1, 0.15) is 30.7 Å². The van der Waals surface area contributed by atoms with E-state index in [1.54, 1.807) is 0 Å². The maximum Gasteiger partial charge on any atom is 0.158 e. The summed E-state index contributed by atoms with van der Waals surface area (Å²) in [6.45, 7) is 1.95. The monoisotopic (exact) mass is 390 g/mol. The SMILES string of the molecule is CN[C@@H]1CC[C@@H](Oc2ccc(C)nc2-c2cc(Nc3cnc(C#N)cn3)n[nH]2)C1. The molecule has 1 saturated carbocycles. The zero-order valence-electron chi connectivity index (χ0n) is 16.3. The van der Waals surface area contributed by atoms with Crippen molar-refractivity contribution in [2.45, 2.75) is 38.3 Å². The summed E-state index contributed by atoms with van der Waals surface area (Å²) in [5.74, 6) is 1.81. The van der Waals surface area contributed by atoms with Crippen LogP contribution in [0, 0.1) is 18.3 Å². The van der Waals surface area contributed by atoms with Gasteiger partial charge in [0.25, 0.3) is 0 Å². The molecule has 3 heterocycles. The Morgan fingerprint density at radius 3 is 2.83 bits per heavy atom. The van der Waals surface area contributed by atoms with Gasteiger partial charge < -0.3 is 15.4 Å². The highest BCUT2D eigenvalue weighted by Crippen LogP contribution is 2.32. The van der Waals surface area contributed by atoms with Gasteiger partial charge >= 0.3 is 0 Å². The Bertz CT molecular complexity index is 1020. The largest absolute Gasteiger partial charge is 0.488 e. The van der Waals surface area contributed by atoms with Gasteiger partial charge in [0.15, 0.2) is 11.5 Å². The molecule has 0 bridgehead atoms. The maximum absolute atomic E-state index is 8.81. The van der Waals surface area contributed by atoms with Crippen molar-refractivity contribution in [3.8, 4) is 23.2 Å². The Labute approximate surface area is 168 Å². The Morgan fingerprint density at radius 1 is 1.21 bits per heavy atom. The topological polar surface area (TPSA) is 124 Å². The number of nitriles is 1. The zero-order chi connectivity index (χ0) is 20.2. The smallest absolute Gasteiger partial charge is 0.158 e. The first-order valence-corrected chi connectivity index (χ1v) is 9.51. The minimum atomic E-state index is 0.171. The summed E-state index contributed by atoms with van der Waals surface area (Å²) in [4.78, 5) is 12.8. The van der Waals surface area contributed by atoms with Crippen molar-refractivity contribution < 1.29 is 4.74 Å². The summed E-state index contributed by atoms with van der Waals surface area (Å²) < 4.78 is 6.28. The molecule has 1 aliphatic carbocycles. The third-order valence-electron chi connectivity index (χ3n) is 4.94. The molecule has 0 spiro atoms. The average molecular weight is 390 g/mol. The van der Waals surface area contributed by atoms with Crippen LogP contribution in [0.2, 0.25) is 0 Å². The zero-order valence-corrected chi connectivity index (χ0v) is 16.3. The number of nitrogens with one attached hydrogen (secondary N) is 3. The van der Waals surface area contributed by atoms with Crippen LogP contribution in [0.15, 0.2) is 30.6 Å². The van der Waals surface area contributed by atoms with Gasteiger partial charge in [0.2, 0.25) is 0 Å². The third-order valence-corrected chi connectivity index (χ3v) is 4.94. The van der Waals surface area contributed by atoms with Crippen LogP contribution < -0.4 is 15.4 Å². The van der Waals surface area contributed by atoms with Gasteiger partial charge in [0, 0.05) is 17.8 Å². The van der Waals surface area contributed by atoms with E-state index >= 15 is 0 Å². The molecule has 29 heavy (non-hydrogen) atoms. The number of aromatic nitrogens is 5. The first-order chi connectivity index (χ1) is 14.1. The fourth-order valence-corrected chi connectivity index (χ4v) is 3.41. The van der Waals surface area contributed by atoms with Crippen molar-refractivity contribution in [3.63, 3.8) is 0 Å². The lowest BCUT2D eigenvalue weighted by Gasteiger charge is -2.16. The highest BCUT2D eigenvalue weighted by atomic mass is 16.5. The molecular weight excluding hydrogens is 368 g/mol. The number of aromatic amines is 1. The fourth-order valence-electron chi connectivity index (χ4n) is 3.41. The fraction of sp³-hybridized carbons (Fsp3) is 0.350. The molecule has 4 rings (SSSR count). The quantitative estimate of drug-likeness (QED) is 0.587. The number of rotatable bonds is 6. The first kappa shape index (κ1) is 18.8. The summed E-state index contributed by atoms with van der Waals surface area (Å²) in [5, 5.41) is 22.5. The molecular formula is C20H22N8O. The lowest BCUT2D eigenvalue weighted by Crippen LogP contribution is -2.23. The first-order valence-electron chi connectivity index (χ1n) is 9.51. The van der Waals surface area contributed by atoms with Crippen molar-refractivity contribution in [2.75, 3.05) is 12.4 Å². The summed E-state index contributed by atoms with van der Waals surface area (Å²) in [6, 6.07) is 8.20. The number of hydrogen-bond acceptors (Lipinski definition) is 8. The number of nitrogens with zero attached hydrogens (tertiary/aromatic N) is 5. The van der Waals surface area contributed by atoms with E-state index in [0.29, 0.717) is 17.7 Å². The summed E-state index contributed by atoms with van der Waals surface area (Å²) >= 11 is 0. The van der Waals surface area contributed by atoms with Crippen molar-refractivity contribution in [3.05, 3.63) is 42.0 Å². The van der Waals surface area contributed by atoms with Gasteiger partial charge in [-0.3, -0.25) is 5.10 Å². The van der Waals surface area contributed by atoms with Gasteiger partial charge in [-0.2, -0.15) is 10.4 Å². The lowest BCUT2D eigenvalue weighted by atomic mass is 10.2. The Balaban J connectivity index is 1.53. The molecule has 3 aromatic heterocycles. The molecule has 1 aliphatic rings. The standard InChI is InChI=1S/C20H22N8O/c1-12-3-6-17(29-15-5-4-13(7-15)22-2)20(25-12)16-8-18(28-27-16)26-19-11-23-14(9-21)10-24-19/h3,6,8,10-11,13,15,22H,4-5,7H2,1-2H3,(H2,24,26,27,28)/t13-,15-/m1/s1. The van der Waals surface area contributed by atoms with Crippen molar-refractivity contribution >= 4 is 11.6 Å². The second-order valence-corrected chi connectivity index (χ2v) is 7.03. The normalized spacial score (nSPS) is 18.4. The lowest BCUT2D eigenvalue weighted by molar-refractivity contribution is 0.207. The van der Waals surface area contributed by atoms with Crippen LogP contribution >= 0.6 is 0 Å². The van der Waals surface area contributed by atoms with Crippen LogP contribution in [0.25, 0.3) is 11.4 Å². The second kappa shape index (κ2) is 8.24. The van der Waals surface area contributed by atoms with E-state index in [0.717, 1.165) is 42.1 Å². The van der Waals surface area contributed by atoms with E-state index in [1.807, 2.05) is 38.2 Å². The molecule has 9 heteroatoms. The van der Waals surface area contributed by atoms with Crippen LogP contribution in [0.5, 0.6) is 5.75 Å². The molecule has 0 aliphatic heterocycles. The van der Waals surface area contributed by atoms with Gasteiger partial charge in [-0.05, 0) is 45.4 Å². The van der Waals surface area contributed by atoms with Crippen LogP contribution in [-0.4, -0.2) is 44.3 Å². The highest BCUT2D eigenvalue weighted by molar-refractivity contribution is 5.67. The number of anilines is 2. The third kappa shape index (κ3) is 4.33. The molecule has 0 aromatic carbocycles. The van der Waals surface area contributed by atoms with E-state index in [2.05, 4.69) is 35.8 Å².